The van der Waals surface area contributed by atoms with Gasteiger partial charge >= 0.3 is 0 Å². The summed E-state index contributed by atoms with van der Waals surface area (Å²) in [5, 5.41) is 23.9. The van der Waals surface area contributed by atoms with Crippen LogP contribution in [0.2, 0.25) is 0 Å². The fraction of sp³-hybridized carbons (Fsp3) is 0.269. The van der Waals surface area contributed by atoms with E-state index in [4.69, 9.17) is 10.1 Å². The van der Waals surface area contributed by atoms with Gasteiger partial charge in [0.1, 0.15) is 11.8 Å². The van der Waals surface area contributed by atoms with Crippen molar-refractivity contribution in [1.29, 1.82) is 5.26 Å². The second-order valence-electron chi connectivity index (χ2n) is 8.24. The number of nitriles is 1. The van der Waals surface area contributed by atoms with Gasteiger partial charge in [-0.1, -0.05) is 29.4 Å². The van der Waals surface area contributed by atoms with Gasteiger partial charge in [-0.05, 0) is 61.2 Å². The van der Waals surface area contributed by atoms with E-state index in [-0.39, 0.29) is 6.61 Å². The molecule has 1 saturated heterocycles. The van der Waals surface area contributed by atoms with Crippen LogP contribution in [0.5, 0.6) is 0 Å². The summed E-state index contributed by atoms with van der Waals surface area (Å²) in [6.07, 6.45) is 5.16. The number of piperidine rings is 1. The molecule has 6 nitrogen and oxygen atoms in total. The minimum absolute atomic E-state index is 0.249. The zero-order chi connectivity index (χ0) is 23.9. The van der Waals surface area contributed by atoms with E-state index in [9.17, 15) is 14.0 Å². The van der Waals surface area contributed by atoms with Crippen molar-refractivity contribution in [1.82, 2.24) is 4.90 Å². The molecular weight excluding hydrogens is 438 g/mol. The number of halogens is 2. The van der Waals surface area contributed by atoms with E-state index in [0.29, 0.717) is 22.8 Å². The standard InChI is InChI=1S/C26H24F2N4O2/c27-24-6-5-23(17-25(24)28)26(30-34-16-11-29)22-3-1-19(2-4-22)18-31-12-7-20(8-13-31)21-9-14-32(33)15-10-21/h1-6,9-10,14-15,17,20H,7-8,12-13,16,18H2/b30-26-. The maximum Gasteiger partial charge on any atom is 0.202 e. The minimum atomic E-state index is -0.978. The van der Waals surface area contributed by atoms with Crippen LogP contribution >= 0.6 is 0 Å². The molecule has 1 aliphatic rings. The predicted molar refractivity (Wildman–Crippen MR) is 123 cm³/mol. The van der Waals surface area contributed by atoms with E-state index in [1.807, 2.05) is 42.5 Å². The van der Waals surface area contributed by atoms with Gasteiger partial charge in [-0.3, -0.25) is 4.90 Å². The quantitative estimate of drug-likeness (QED) is 0.173. The molecule has 0 bridgehead atoms. The first-order chi connectivity index (χ1) is 16.5. The van der Waals surface area contributed by atoms with Gasteiger partial charge in [0.15, 0.2) is 24.0 Å². The molecular formula is C26H24F2N4O2. The third-order valence-corrected chi connectivity index (χ3v) is 6.00. The Bertz CT molecular complexity index is 1180. The van der Waals surface area contributed by atoms with Gasteiger partial charge in [0.25, 0.3) is 0 Å². The number of hydrogen-bond donors (Lipinski definition) is 0. The topological polar surface area (TPSA) is 75.6 Å². The molecule has 0 spiro atoms. The highest BCUT2D eigenvalue weighted by atomic mass is 19.2. The molecule has 2 aromatic carbocycles. The van der Waals surface area contributed by atoms with Crippen molar-refractivity contribution >= 4 is 5.71 Å². The summed E-state index contributed by atoms with van der Waals surface area (Å²) in [6, 6.07) is 16.8. The molecule has 0 radical (unpaired) electrons. The SMILES string of the molecule is N#CCO/N=C(/c1ccc(CN2CCC(c3cc[n+]([O-])cc3)CC2)cc1)c1ccc(F)c(F)c1. The lowest BCUT2D eigenvalue weighted by Crippen LogP contribution is -2.33. The largest absolute Gasteiger partial charge is 0.619 e. The summed E-state index contributed by atoms with van der Waals surface area (Å²) in [6.45, 7) is 2.47. The summed E-state index contributed by atoms with van der Waals surface area (Å²) >= 11 is 0. The highest BCUT2D eigenvalue weighted by Crippen LogP contribution is 2.28. The summed E-state index contributed by atoms with van der Waals surface area (Å²) in [5.74, 6) is -1.46. The molecule has 1 aromatic heterocycles. The number of hydrogen-bond acceptors (Lipinski definition) is 5. The number of aromatic nitrogens is 1. The lowest BCUT2D eigenvalue weighted by atomic mass is 9.90. The Kier molecular flexibility index (Phi) is 7.45. The Morgan fingerprint density at radius 3 is 2.35 bits per heavy atom. The number of rotatable bonds is 7. The third-order valence-electron chi connectivity index (χ3n) is 6.00. The lowest BCUT2D eigenvalue weighted by Gasteiger charge is -2.32. The fourth-order valence-electron chi connectivity index (χ4n) is 4.19. The Labute approximate surface area is 196 Å². The van der Waals surface area contributed by atoms with E-state index in [2.05, 4.69) is 10.1 Å². The number of nitrogens with zero attached hydrogens (tertiary/aromatic N) is 4. The van der Waals surface area contributed by atoms with Crippen molar-refractivity contribution in [3.8, 4) is 6.07 Å². The predicted octanol–water partition coefficient (Wildman–Crippen LogP) is 4.27. The van der Waals surface area contributed by atoms with Gasteiger partial charge < -0.3 is 10.0 Å². The van der Waals surface area contributed by atoms with Crippen LogP contribution in [-0.4, -0.2) is 30.3 Å². The van der Waals surface area contributed by atoms with E-state index >= 15 is 0 Å². The Balaban J connectivity index is 1.42. The van der Waals surface area contributed by atoms with E-state index < -0.39 is 11.6 Å². The molecule has 8 heteroatoms. The number of likely N-dealkylation sites (tertiary alicyclic amines) is 1. The molecule has 1 aliphatic heterocycles. The second-order valence-corrected chi connectivity index (χ2v) is 8.24. The maximum absolute atomic E-state index is 13.8. The summed E-state index contributed by atoms with van der Waals surface area (Å²) in [4.78, 5) is 7.40. The Morgan fingerprint density at radius 2 is 1.71 bits per heavy atom. The molecule has 3 aromatic rings. The van der Waals surface area contributed by atoms with Crippen molar-refractivity contribution in [2.24, 2.45) is 5.16 Å². The van der Waals surface area contributed by atoms with Crippen molar-refractivity contribution in [2.45, 2.75) is 25.3 Å². The zero-order valence-corrected chi connectivity index (χ0v) is 18.5. The zero-order valence-electron chi connectivity index (χ0n) is 18.5. The van der Waals surface area contributed by atoms with Crippen molar-refractivity contribution in [3.63, 3.8) is 0 Å². The third kappa shape index (κ3) is 5.74. The number of oxime groups is 1. The van der Waals surface area contributed by atoms with Crippen LogP contribution in [0.25, 0.3) is 0 Å². The average Bonchev–Trinajstić information content (AvgIpc) is 2.85. The van der Waals surface area contributed by atoms with Gasteiger partial charge in [0.2, 0.25) is 6.61 Å². The number of pyridine rings is 1. The van der Waals surface area contributed by atoms with Crippen molar-refractivity contribution < 1.29 is 18.3 Å². The molecule has 0 N–H and O–H groups in total. The van der Waals surface area contributed by atoms with Crippen LogP contribution < -0.4 is 4.73 Å². The first-order valence-corrected chi connectivity index (χ1v) is 11.1. The Hall–Kier alpha value is -3.83. The van der Waals surface area contributed by atoms with Gasteiger partial charge in [0.05, 0.1) is 0 Å². The highest BCUT2D eigenvalue weighted by Gasteiger charge is 2.21. The van der Waals surface area contributed by atoms with Crippen molar-refractivity contribution in [2.75, 3.05) is 19.7 Å². The van der Waals surface area contributed by atoms with Crippen molar-refractivity contribution in [3.05, 3.63) is 106 Å². The molecule has 0 unspecified atom stereocenters. The van der Waals surface area contributed by atoms with Crippen LogP contribution in [0.3, 0.4) is 0 Å². The Morgan fingerprint density at radius 1 is 1.03 bits per heavy atom. The summed E-state index contributed by atoms with van der Waals surface area (Å²) in [7, 11) is 0. The molecule has 4 rings (SSSR count). The molecule has 0 aliphatic carbocycles. The van der Waals surface area contributed by atoms with Crippen LogP contribution in [0.15, 0.2) is 72.1 Å². The molecule has 1 fully saturated rings. The molecule has 34 heavy (non-hydrogen) atoms. The van der Waals surface area contributed by atoms with Gasteiger partial charge in [-0.25, -0.2) is 8.78 Å². The van der Waals surface area contributed by atoms with Crippen LogP contribution in [0.4, 0.5) is 8.78 Å². The molecule has 0 amide bonds. The van der Waals surface area contributed by atoms with E-state index in [1.165, 1.54) is 11.6 Å². The molecule has 0 saturated carbocycles. The smallest absolute Gasteiger partial charge is 0.202 e. The summed E-state index contributed by atoms with van der Waals surface area (Å²) in [5.41, 5.74) is 3.68. The van der Waals surface area contributed by atoms with Crippen LogP contribution in [0.1, 0.15) is 41.0 Å². The maximum atomic E-state index is 13.8. The van der Waals surface area contributed by atoms with Gasteiger partial charge in [0, 0.05) is 29.8 Å². The second kappa shape index (κ2) is 10.9. The summed E-state index contributed by atoms with van der Waals surface area (Å²) < 4.78 is 28.0. The normalized spacial score (nSPS) is 15.1. The van der Waals surface area contributed by atoms with E-state index in [1.54, 1.807) is 12.4 Å². The average molecular weight is 463 g/mol. The van der Waals surface area contributed by atoms with Gasteiger partial charge in [-0.15, -0.1) is 0 Å². The molecule has 174 valence electrons. The molecule has 0 atom stereocenters. The highest BCUT2D eigenvalue weighted by molar-refractivity contribution is 6.12. The number of benzene rings is 2. The minimum Gasteiger partial charge on any atom is -0.619 e. The first-order valence-electron chi connectivity index (χ1n) is 11.1. The first kappa shape index (κ1) is 23.3. The molecule has 2 heterocycles. The van der Waals surface area contributed by atoms with Crippen LogP contribution in [0, 0.1) is 28.2 Å². The van der Waals surface area contributed by atoms with E-state index in [0.717, 1.165) is 54.9 Å². The fourth-order valence-corrected chi connectivity index (χ4v) is 4.19. The monoisotopic (exact) mass is 462 g/mol. The van der Waals surface area contributed by atoms with Crippen LogP contribution in [-0.2, 0) is 11.4 Å². The lowest BCUT2D eigenvalue weighted by molar-refractivity contribution is -0.605. The van der Waals surface area contributed by atoms with Gasteiger partial charge in [-0.2, -0.15) is 9.99 Å².